The molecule has 2 aromatic rings. The van der Waals surface area contributed by atoms with Crippen LogP contribution in [-0.2, 0) is 12.8 Å². The zero-order valence-electron chi connectivity index (χ0n) is 16.0. The number of aliphatic hydroxyl groups is 1. The third-order valence-corrected chi connectivity index (χ3v) is 4.98. The summed E-state index contributed by atoms with van der Waals surface area (Å²) in [6.07, 6.45) is 10.7. The Balaban J connectivity index is 1.89. The van der Waals surface area contributed by atoms with Crippen LogP contribution in [0.3, 0.4) is 0 Å². The lowest BCUT2D eigenvalue weighted by molar-refractivity contribution is 0.220. The molecule has 1 nitrogen and oxygen atoms in total. The first-order valence-electron chi connectivity index (χ1n) is 10.1. The van der Waals surface area contributed by atoms with Crippen LogP contribution in [0.5, 0.6) is 0 Å². The van der Waals surface area contributed by atoms with Crippen LogP contribution in [0.15, 0.2) is 48.5 Å². The van der Waals surface area contributed by atoms with Gasteiger partial charge in [0.25, 0.3) is 0 Å². The number of unbranched alkanes of at least 4 members (excludes halogenated alkanes) is 5. The van der Waals surface area contributed by atoms with E-state index < -0.39 is 6.10 Å². The molecule has 0 spiro atoms. The van der Waals surface area contributed by atoms with Gasteiger partial charge < -0.3 is 5.11 Å². The van der Waals surface area contributed by atoms with Crippen molar-refractivity contribution in [3.8, 4) is 0 Å². The molecule has 0 aromatic heterocycles. The SMILES string of the molecule is CCCCCCc1ccc(C(O)c2ccc(CCCCC)cc2)cc1. The first-order chi connectivity index (χ1) is 12.2. The van der Waals surface area contributed by atoms with Crippen molar-refractivity contribution in [1.82, 2.24) is 0 Å². The third kappa shape index (κ3) is 6.66. The number of aryl methyl sites for hydroxylation is 2. The van der Waals surface area contributed by atoms with Gasteiger partial charge in [0.15, 0.2) is 0 Å². The van der Waals surface area contributed by atoms with E-state index in [1.54, 1.807) is 0 Å². The minimum atomic E-state index is -0.529. The highest BCUT2D eigenvalue weighted by molar-refractivity contribution is 5.33. The molecule has 0 heterocycles. The van der Waals surface area contributed by atoms with Crippen LogP contribution in [0.25, 0.3) is 0 Å². The normalized spacial score (nSPS) is 12.3. The molecule has 0 saturated heterocycles. The predicted octanol–water partition coefficient (Wildman–Crippen LogP) is 6.62. The molecule has 2 aromatic carbocycles. The zero-order valence-corrected chi connectivity index (χ0v) is 16.0. The van der Waals surface area contributed by atoms with E-state index in [4.69, 9.17) is 0 Å². The van der Waals surface area contributed by atoms with Gasteiger partial charge >= 0.3 is 0 Å². The van der Waals surface area contributed by atoms with Gasteiger partial charge in [-0.05, 0) is 47.9 Å². The summed E-state index contributed by atoms with van der Waals surface area (Å²) in [7, 11) is 0. The topological polar surface area (TPSA) is 20.2 Å². The van der Waals surface area contributed by atoms with Gasteiger partial charge in [-0.15, -0.1) is 0 Å². The molecule has 0 radical (unpaired) electrons. The molecule has 0 aliphatic rings. The lowest BCUT2D eigenvalue weighted by atomic mass is 9.97. The molecule has 1 heteroatoms. The molecule has 0 aliphatic heterocycles. The van der Waals surface area contributed by atoms with Crippen molar-refractivity contribution in [2.45, 2.75) is 77.7 Å². The van der Waals surface area contributed by atoms with Crippen molar-refractivity contribution in [2.75, 3.05) is 0 Å². The summed E-state index contributed by atoms with van der Waals surface area (Å²) in [6, 6.07) is 17.0. The van der Waals surface area contributed by atoms with Gasteiger partial charge in [0, 0.05) is 0 Å². The van der Waals surface area contributed by atoms with Gasteiger partial charge in [-0.25, -0.2) is 0 Å². The first kappa shape index (κ1) is 19.7. The lowest BCUT2D eigenvalue weighted by Gasteiger charge is -2.13. The molecule has 0 amide bonds. The number of aliphatic hydroxyl groups excluding tert-OH is 1. The number of benzene rings is 2. The second-order valence-electron chi connectivity index (χ2n) is 7.15. The first-order valence-corrected chi connectivity index (χ1v) is 10.1. The van der Waals surface area contributed by atoms with E-state index in [9.17, 15) is 5.11 Å². The van der Waals surface area contributed by atoms with Crippen molar-refractivity contribution in [2.24, 2.45) is 0 Å². The van der Waals surface area contributed by atoms with E-state index in [1.165, 1.54) is 56.1 Å². The van der Waals surface area contributed by atoms with E-state index in [0.29, 0.717) is 0 Å². The van der Waals surface area contributed by atoms with Crippen molar-refractivity contribution < 1.29 is 5.11 Å². The maximum atomic E-state index is 10.6. The molecule has 1 N–H and O–H groups in total. The standard InChI is InChI=1S/C24H34O/c1-3-5-7-9-11-21-14-18-23(19-15-21)24(25)22-16-12-20(13-17-22)10-8-6-4-2/h12-19,24-25H,3-11H2,1-2H3. The van der Waals surface area contributed by atoms with Crippen molar-refractivity contribution >= 4 is 0 Å². The molecule has 25 heavy (non-hydrogen) atoms. The van der Waals surface area contributed by atoms with E-state index >= 15 is 0 Å². The highest BCUT2D eigenvalue weighted by Gasteiger charge is 2.10. The number of rotatable bonds is 11. The fraction of sp³-hybridized carbons (Fsp3) is 0.500. The average Bonchev–Trinajstić information content (AvgIpc) is 2.66. The van der Waals surface area contributed by atoms with E-state index in [2.05, 4.69) is 62.4 Å². The van der Waals surface area contributed by atoms with Crippen LogP contribution in [0.4, 0.5) is 0 Å². The van der Waals surface area contributed by atoms with Gasteiger partial charge in [-0.1, -0.05) is 94.5 Å². The van der Waals surface area contributed by atoms with Gasteiger partial charge in [0.2, 0.25) is 0 Å². The van der Waals surface area contributed by atoms with Crippen LogP contribution in [0, 0.1) is 0 Å². The molecule has 1 unspecified atom stereocenters. The maximum absolute atomic E-state index is 10.6. The minimum absolute atomic E-state index is 0.529. The van der Waals surface area contributed by atoms with Gasteiger partial charge in [0.05, 0.1) is 0 Å². The van der Waals surface area contributed by atoms with Gasteiger partial charge in [-0.2, -0.15) is 0 Å². The Kier molecular flexibility index (Phi) is 8.76. The highest BCUT2D eigenvalue weighted by Crippen LogP contribution is 2.23. The Hall–Kier alpha value is -1.60. The summed E-state index contributed by atoms with van der Waals surface area (Å²) in [5.74, 6) is 0. The second-order valence-corrected chi connectivity index (χ2v) is 7.15. The summed E-state index contributed by atoms with van der Waals surface area (Å²) in [6.45, 7) is 4.48. The minimum Gasteiger partial charge on any atom is -0.384 e. The van der Waals surface area contributed by atoms with Crippen LogP contribution >= 0.6 is 0 Å². The van der Waals surface area contributed by atoms with Crippen molar-refractivity contribution in [3.63, 3.8) is 0 Å². The van der Waals surface area contributed by atoms with Crippen molar-refractivity contribution in [3.05, 3.63) is 70.8 Å². The molecule has 0 fully saturated rings. The summed E-state index contributed by atoms with van der Waals surface area (Å²) in [4.78, 5) is 0. The largest absolute Gasteiger partial charge is 0.384 e. The quantitative estimate of drug-likeness (QED) is 0.456. The Morgan fingerprint density at radius 3 is 1.44 bits per heavy atom. The molecular weight excluding hydrogens is 304 g/mol. The molecule has 136 valence electrons. The molecule has 0 aliphatic carbocycles. The maximum Gasteiger partial charge on any atom is 0.104 e. The fourth-order valence-electron chi connectivity index (χ4n) is 3.26. The van der Waals surface area contributed by atoms with Gasteiger partial charge in [-0.3, -0.25) is 0 Å². The summed E-state index contributed by atoms with van der Waals surface area (Å²) >= 11 is 0. The fourth-order valence-corrected chi connectivity index (χ4v) is 3.26. The highest BCUT2D eigenvalue weighted by atomic mass is 16.3. The summed E-state index contributed by atoms with van der Waals surface area (Å²) in [5.41, 5.74) is 4.70. The molecule has 0 saturated carbocycles. The Labute approximate surface area is 154 Å². The van der Waals surface area contributed by atoms with Crippen LogP contribution in [0.1, 0.15) is 87.2 Å². The Morgan fingerprint density at radius 2 is 1.00 bits per heavy atom. The van der Waals surface area contributed by atoms with E-state index in [0.717, 1.165) is 24.0 Å². The van der Waals surface area contributed by atoms with Crippen LogP contribution < -0.4 is 0 Å². The smallest absolute Gasteiger partial charge is 0.104 e. The third-order valence-electron chi connectivity index (χ3n) is 4.98. The average molecular weight is 339 g/mol. The zero-order chi connectivity index (χ0) is 17.9. The predicted molar refractivity (Wildman–Crippen MR) is 108 cm³/mol. The number of hydrogen-bond donors (Lipinski definition) is 1. The van der Waals surface area contributed by atoms with E-state index in [1.807, 2.05) is 0 Å². The summed E-state index contributed by atoms with van der Waals surface area (Å²) < 4.78 is 0. The van der Waals surface area contributed by atoms with Gasteiger partial charge in [0.1, 0.15) is 6.10 Å². The van der Waals surface area contributed by atoms with Crippen molar-refractivity contribution in [1.29, 1.82) is 0 Å². The number of hydrogen-bond acceptors (Lipinski definition) is 1. The molecule has 0 bridgehead atoms. The molecule has 1 atom stereocenters. The summed E-state index contributed by atoms with van der Waals surface area (Å²) in [5, 5.41) is 10.6. The van der Waals surface area contributed by atoms with Crippen LogP contribution in [-0.4, -0.2) is 5.11 Å². The van der Waals surface area contributed by atoms with Crippen LogP contribution in [0.2, 0.25) is 0 Å². The molecule has 2 rings (SSSR count). The lowest BCUT2D eigenvalue weighted by Crippen LogP contribution is -2.00. The Bertz CT molecular complexity index is 582. The van der Waals surface area contributed by atoms with E-state index in [-0.39, 0.29) is 0 Å². The Morgan fingerprint density at radius 1 is 0.600 bits per heavy atom. The monoisotopic (exact) mass is 338 g/mol. The second kappa shape index (κ2) is 11.1. The molecular formula is C24H34O.